The molecular formula is C22H28N2O5S. The van der Waals surface area contributed by atoms with Crippen LogP contribution in [0.25, 0.3) is 0 Å². The van der Waals surface area contributed by atoms with Crippen molar-refractivity contribution in [2.45, 2.75) is 43.3 Å². The first-order valence-corrected chi connectivity index (χ1v) is 12.0. The van der Waals surface area contributed by atoms with Crippen molar-refractivity contribution in [2.75, 3.05) is 26.2 Å². The lowest BCUT2D eigenvalue weighted by Crippen LogP contribution is -2.39. The molecule has 1 atom stereocenters. The zero-order valence-electron chi connectivity index (χ0n) is 16.9. The Labute approximate surface area is 177 Å². The Balaban J connectivity index is 1.38. The second kappa shape index (κ2) is 8.91. The van der Waals surface area contributed by atoms with Gasteiger partial charge < -0.3 is 14.4 Å². The van der Waals surface area contributed by atoms with Crippen molar-refractivity contribution in [1.29, 1.82) is 0 Å². The molecule has 0 saturated carbocycles. The van der Waals surface area contributed by atoms with Crippen molar-refractivity contribution in [3.8, 4) is 0 Å². The molecule has 7 nitrogen and oxygen atoms in total. The summed E-state index contributed by atoms with van der Waals surface area (Å²) in [5, 5.41) is 10.4. The van der Waals surface area contributed by atoms with Crippen LogP contribution in [0.5, 0.6) is 0 Å². The van der Waals surface area contributed by atoms with Crippen molar-refractivity contribution >= 4 is 15.9 Å². The number of aliphatic hydroxyl groups is 1. The van der Waals surface area contributed by atoms with Gasteiger partial charge in [-0.25, -0.2) is 8.42 Å². The number of sulfonamides is 1. The number of carbonyl (C=O) groups excluding carboxylic acids is 1. The average molecular weight is 433 g/mol. The normalized spacial score (nSPS) is 20.2. The van der Waals surface area contributed by atoms with E-state index in [4.69, 9.17) is 4.42 Å². The molecule has 0 spiro atoms. The van der Waals surface area contributed by atoms with Crippen LogP contribution in [0, 0.1) is 5.92 Å². The maximum atomic E-state index is 12.8. The minimum atomic E-state index is -3.69. The van der Waals surface area contributed by atoms with Crippen LogP contribution in [-0.2, 0) is 10.0 Å². The molecule has 1 aromatic heterocycles. The second-order valence-corrected chi connectivity index (χ2v) is 9.94. The van der Waals surface area contributed by atoms with Crippen LogP contribution in [0.3, 0.4) is 0 Å². The van der Waals surface area contributed by atoms with Crippen LogP contribution in [0.15, 0.2) is 52.0 Å². The Bertz CT molecular complexity index is 958. The van der Waals surface area contributed by atoms with Crippen molar-refractivity contribution in [3.05, 3.63) is 53.8 Å². The molecule has 2 aliphatic heterocycles. The van der Waals surface area contributed by atoms with Gasteiger partial charge in [-0.3, -0.25) is 4.79 Å². The van der Waals surface area contributed by atoms with Crippen molar-refractivity contribution in [2.24, 2.45) is 5.92 Å². The van der Waals surface area contributed by atoms with E-state index >= 15 is 0 Å². The number of rotatable bonds is 5. The molecule has 1 N–H and O–H groups in total. The highest BCUT2D eigenvalue weighted by Gasteiger charge is 2.32. The molecule has 1 unspecified atom stereocenters. The number of nitrogens with zero attached hydrogens (tertiary/aromatic N) is 2. The molecule has 1 aromatic carbocycles. The van der Waals surface area contributed by atoms with Crippen molar-refractivity contribution < 1.29 is 22.7 Å². The van der Waals surface area contributed by atoms with Gasteiger partial charge in [0.05, 0.1) is 6.10 Å². The van der Waals surface area contributed by atoms with Crippen LogP contribution < -0.4 is 0 Å². The fourth-order valence-electron chi connectivity index (χ4n) is 4.30. The maximum absolute atomic E-state index is 12.8. The van der Waals surface area contributed by atoms with Gasteiger partial charge in [0, 0.05) is 26.2 Å². The van der Waals surface area contributed by atoms with Crippen LogP contribution >= 0.6 is 0 Å². The summed E-state index contributed by atoms with van der Waals surface area (Å²) < 4.78 is 32.4. The van der Waals surface area contributed by atoms with Crippen LogP contribution in [0.4, 0.5) is 0 Å². The van der Waals surface area contributed by atoms with E-state index in [-0.39, 0.29) is 22.7 Å². The second-order valence-electron chi connectivity index (χ2n) is 8.07. The molecule has 30 heavy (non-hydrogen) atoms. The van der Waals surface area contributed by atoms with Gasteiger partial charge in [-0.15, -0.1) is 0 Å². The number of furan rings is 1. The van der Waals surface area contributed by atoms with Crippen LogP contribution in [0.2, 0.25) is 0 Å². The molecule has 1 amide bonds. The summed E-state index contributed by atoms with van der Waals surface area (Å²) in [4.78, 5) is 14.5. The van der Waals surface area contributed by atoms with Crippen LogP contribution in [-0.4, -0.2) is 54.8 Å². The summed E-state index contributed by atoms with van der Waals surface area (Å²) in [5.41, 5.74) is 0.890. The van der Waals surface area contributed by atoms with E-state index in [1.165, 1.54) is 16.4 Å². The average Bonchev–Trinajstić information content (AvgIpc) is 3.31. The van der Waals surface area contributed by atoms with Gasteiger partial charge in [0.2, 0.25) is 5.09 Å². The van der Waals surface area contributed by atoms with E-state index < -0.39 is 16.1 Å². The number of hydrogen-bond donors (Lipinski definition) is 1. The first-order chi connectivity index (χ1) is 14.5. The quantitative estimate of drug-likeness (QED) is 0.784. The maximum Gasteiger partial charge on any atom is 0.289 e. The van der Waals surface area contributed by atoms with Gasteiger partial charge in [0.1, 0.15) is 0 Å². The Morgan fingerprint density at radius 2 is 1.63 bits per heavy atom. The summed E-state index contributed by atoms with van der Waals surface area (Å²) >= 11 is 0. The molecule has 162 valence electrons. The summed E-state index contributed by atoms with van der Waals surface area (Å²) in [7, 11) is -3.69. The lowest BCUT2D eigenvalue weighted by Gasteiger charge is -2.34. The summed E-state index contributed by atoms with van der Waals surface area (Å²) in [6.45, 7) is 1.98. The van der Waals surface area contributed by atoms with Gasteiger partial charge in [-0.2, -0.15) is 4.31 Å². The number of hydrogen-bond acceptors (Lipinski definition) is 5. The lowest BCUT2D eigenvalue weighted by molar-refractivity contribution is 0.0439. The molecule has 0 bridgehead atoms. The molecule has 2 aromatic rings. The highest BCUT2D eigenvalue weighted by atomic mass is 32.2. The molecular weight excluding hydrogens is 404 g/mol. The third kappa shape index (κ3) is 4.31. The molecule has 2 saturated heterocycles. The molecule has 0 aliphatic carbocycles. The Hall–Kier alpha value is -2.16. The number of amides is 1. The van der Waals surface area contributed by atoms with E-state index in [9.17, 15) is 18.3 Å². The minimum Gasteiger partial charge on any atom is -0.438 e. The van der Waals surface area contributed by atoms with Crippen molar-refractivity contribution in [3.63, 3.8) is 0 Å². The molecule has 0 radical (unpaired) electrons. The summed E-state index contributed by atoms with van der Waals surface area (Å²) in [6.07, 6.45) is 3.53. The Kier molecular flexibility index (Phi) is 6.26. The molecule has 2 aliphatic rings. The first kappa shape index (κ1) is 21.1. The van der Waals surface area contributed by atoms with E-state index in [2.05, 4.69) is 0 Å². The zero-order chi connectivity index (χ0) is 21.1. The van der Waals surface area contributed by atoms with E-state index in [1.807, 2.05) is 30.3 Å². The van der Waals surface area contributed by atoms with E-state index in [0.29, 0.717) is 39.0 Å². The Morgan fingerprint density at radius 1 is 0.967 bits per heavy atom. The predicted molar refractivity (Wildman–Crippen MR) is 111 cm³/mol. The molecule has 8 heteroatoms. The van der Waals surface area contributed by atoms with Crippen LogP contribution in [0.1, 0.15) is 54.3 Å². The molecule has 4 rings (SSSR count). The van der Waals surface area contributed by atoms with E-state index in [0.717, 1.165) is 24.8 Å². The largest absolute Gasteiger partial charge is 0.438 e. The minimum absolute atomic E-state index is 0.0487. The molecule has 2 fully saturated rings. The van der Waals surface area contributed by atoms with Gasteiger partial charge in [0.25, 0.3) is 15.9 Å². The molecule has 3 heterocycles. The topological polar surface area (TPSA) is 91.1 Å². The monoisotopic (exact) mass is 432 g/mol. The third-order valence-electron chi connectivity index (χ3n) is 6.12. The smallest absolute Gasteiger partial charge is 0.289 e. The van der Waals surface area contributed by atoms with Gasteiger partial charge in [-0.1, -0.05) is 36.8 Å². The summed E-state index contributed by atoms with van der Waals surface area (Å²) in [5.74, 6) is -0.168. The first-order valence-electron chi connectivity index (χ1n) is 10.6. The zero-order valence-corrected chi connectivity index (χ0v) is 17.8. The standard InChI is InChI=1S/C22H28N2O5S/c25-21(17-7-3-1-4-8-17)18-11-15-23(16-12-18)22(26)19-9-10-20(29-19)30(27,28)24-13-5-2-6-14-24/h1,3-4,7-10,18,21,25H,2,5-6,11-16H2. The third-order valence-corrected chi connectivity index (χ3v) is 7.89. The number of piperidine rings is 2. The van der Waals surface area contributed by atoms with Gasteiger partial charge >= 0.3 is 0 Å². The summed E-state index contributed by atoms with van der Waals surface area (Å²) in [6, 6.07) is 12.4. The number of likely N-dealkylation sites (tertiary alicyclic amines) is 1. The Morgan fingerprint density at radius 3 is 2.30 bits per heavy atom. The fourth-order valence-corrected chi connectivity index (χ4v) is 5.73. The van der Waals surface area contributed by atoms with Gasteiger partial charge in [-0.05, 0) is 49.3 Å². The number of carbonyl (C=O) groups is 1. The predicted octanol–water partition coefficient (Wildman–Crippen LogP) is 3.04. The van der Waals surface area contributed by atoms with E-state index in [1.54, 1.807) is 4.90 Å². The highest BCUT2D eigenvalue weighted by Crippen LogP contribution is 2.31. The van der Waals surface area contributed by atoms with Crippen molar-refractivity contribution in [1.82, 2.24) is 9.21 Å². The fraction of sp³-hybridized carbons (Fsp3) is 0.500. The SMILES string of the molecule is O=C(c1ccc(S(=O)(=O)N2CCCCC2)o1)N1CCC(C(O)c2ccccc2)CC1. The number of benzene rings is 1. The lowest BCUT2D eigenvalue weighted by atomic mass is 9.87. The highest BCUT2D eigenvalue weighted by molar-refractivity contribution is 7.89. The number of aliphatic hydroxyl groups excluding tert-OH is 1. The van der Waals surface area contributed by atoms with Gasteiger partial charge in [0.15, 0.2) is 5.76 Å².